The summed E-state index contributed by atoms with van der Waals surface area (Å²) in [6, 6.07) is -1.44. The fourth-order valence-electron chi connectivity index (χ4n) is 1.96. The van der Waals surface area contributed by atoms with Crippen LogP contribution in [0, 0.1) is 0 Å². The lowest BCUT2D eigenvalue weighted by atomic mass is 10.1. The van der Waals surface area contributed by atoms with E-state index in [2.05, 4.69) is 10.6 Å². The molecule has 25 heavy (non-hydrogen) atoms. The number of carbonyl (C=O) groups excluding carboxylic acids is 5. The van der Waals surface area contributed by atoms with Gasteiger partial charge in [-0.25, -0.2) is 9.59 Å². The molecular formula is C15H24N4O6. The molecule has 0 unspecified atom stereocenters. The predicted molar refractivity (Wildman–Crippen MR) is 86.3 cm³/mol. The monoisotopic (exact) mass is 356 g/mol. The minimum atomic E-state index is -1.27. The van der Waals surface area contributed by atoms with Crippen molar-refractivity contribution in [2.75, 3.05) is 6.54 Å². The molecule has 0 bridgehead atoms. The first-order chi connectivity index (χ1) is 11.2. The van der Waals surface area contributed by atoms with Crippen molar-refractivity contribution in [2.24, 2.45) is 0 Å². The summed E-state index contributed by atoms with van der Waals surface area (Å²) in [4.78, 5) is 59.7. The summed E-state index contributed by atoms with van der Waals surface area (Å²) in [5, 5.41) is 6.98. The number of amides is 6. The van der Waals surface area contributed by atoms with E-state index < -0.39 is 53.6 Å². The number of nitrogens with one attached hydrogen (secondary N) is 3. The third-order valence-corrected chi connectivity index (χ3v) is 3.13. The SMILES string of the molecule is C[C@H](OC(=O)CN1C(=O)NC(C)(C)C1=O)C(=O)NC(=O)NC(C)(C)C. The molecule has 3 N–H and O–H groups in total. The average Bonchev–Trinajstić information content (AvgIpc) is 2.58. The molecule has 1 fully saturated rings. The Balaban J connectivity index is 2.54. The van der Waals surface area contributed by atoms with E-state index in [1.54, 1.807) is 20.8 Å². The zero-order chi connectivity index (χ0) is 19.6. The van der Waals surface area contributed by atoms with Crippen LogP contribution in [-0.4, -0.2) is 58.5 Å². The summed E-state index contributed by atoms with van der Waals surface area (Å²) in [6.45, 7) is 8.86. The van der Waals surface area contributed by atoms with Gasteiger partial charge in [-0.15, -0.1) is 0 Å². The Morgan fingerprint density at radius 2 is 1.80 bits per heavy atom. The number of ether oxygens (including phenoxy) is 1. The van der Waals surface area contributed by atoms with Gasteiger partial charge >= 0.3 is 18.0 Å². The first-order valence-electron chi connectivity index (χ1n) is 7.69. The van der Waals surface area contributed by atoms with Crippen LogP contribution < -0.4 is 16.0 Å². The average molecular weight is 356 g/mol. The van der Waals surface area contributed by atoms with Gasteiger partial charge in [0.05, 0.1) is 0 Å². The minimum Gasteiger partial charge on any atom is -0.451 e. The van der Waals surface area contributed by atoms with Crippen LogP contribution in [0.5, 0.6) is 0 Å². The van der Waals surface area contributed by atoms with Crippen LogP contribution in [-0.2, 0) is 19.1 Å². The number of carbonyl (C=O) groups is 5. The molecule has 0 radical (unpaired) electrons. The van der Waals surface area contributed by atoms with E-state index in [0.29, 0.717) is 4.90 Å². The van der Waals surface area contributed by atoms with Crippen molar-refractivity contribution in [1.82, 2.24) is 20.9 Å². The highest BCUT2D eigenvalue weighted by molar-refractivity contribution is 6.08. The summed E-state index contributed by atoms with van der Waals surface area (Å²) in [5.41, 5.74) is -1.65. The first-order valence-corrected chi connectivity index (χ1v) is 7.69. The molecule has 1 aliphatic rings. The Kier molecular flexibility index (Phi) is 5.77. The standard InChI is InChI=1S/C15H24N4O6/c1-8(10(21)16-12(23)17-14(2,3)4)25-9(20)7-19-11(22)15(5,6)18-13(19)24/h8H,7H2,1-6H3,(H,18,24)(H2,16,17,21,23)/t8-/m0/s1. The maximum absolute atomic E-state index is 12.0. The molecule has 0 aromatic heterocycles. The number of rotatable bonds is 4. The molecule has 0 aromatic rings. The quantitative estimate of drug-likeness (QED) is 0.475. The number of hydrogen-bond donors (Lipinski definition) is 3. The normalized spacial score (nSPS) is 17.6. The number of nitrogens with zero attached hydrogens (tertiary/aromatic N) is 1. The molecule has 1 aliphatic heterocycles. The van der Waals surface area contributed by atoms with E-state index in [1.165, 1.54) is 20.8 Å². The van der Waals surface area contributed by atoms with Crippen molar-refractivity contribution in [3.05, 3.63) is 0 Å². The molecule has 1 saturated heterocycles. The van der Waals surface area contributed by atoms with Crippen LogP contribution >= 0.6 is 0 Å². The molecule has 1 heterocycles. The summed E-state index contributed by atoms with van der Waals surface area (Å²) in [5.74, 6) is -2.34. The fourth-order valence-corrected chi connectivity index (χ4v) is 1.96. The van der Waals surface area contributed by atoms with Crippen LogP contribution in [0.1, 0.15) is 41.5 Å². The second-order valence-corrected chi connectivity index (χ2v) is 7.27. The molecule has 6 amide bonds. The smallest absolute Gasteiger partial charge is 0.327 e. The fraction of sp³-hybridized carbons (Fsp3) is 0.667. The molecule has 0 spiro atoms. The van der Waals surface area contributed by atoms with Crippen LogP contribution in [0.25, 0.3) is 0 Å². The molecule has 10 nitrogen and oxygen atoms in total. The Morgan fingerprint density at radius 1 is 1.24 bits per heavy atom. The predicted octanol–water partition coefficient (Wildman–Crippen LogP) is -0.127. The Bertz CT molecular complexity index is 608. The van der Waals surface area contributed by atoms with Crippen LogP contribution in [0.2, 0.25) is 0 Å². The van der Waals surface area contributed by atoms with Gasteiger partial charge in [-0.05, 0) is 41.5 Å². The van der Waals surface area contributed by atoms with E-state index in [-0.39, 0.29) is 0 Å². The second-order valence-electron chi connectivity index (χ2n) is 7.27. The van der Waals surface area contributed by atoms with Gasteiger partial charge in [-0.2, -0.15) is 0 Å². The van der Waals surface area contributed by atoms with E-state index in [1.807, 2.05) is 5.32 Å². The number of urea groups is 2. The van der Waals surface area contributed by atoms with E-state index in [9.17, 15) is 24.0 Å². The lowest BCUT2D eigenvalue weighted by molar-refractivity contribution is -0.156. The van der Waals surface area contributed by atoms with Gasteiger partial charge in [0.2, 0.25) is 0 Å². The topological polar surface area (TPSA) is 134 Å². The van der Waals surface area contributed by atoms with Crippen LogP contribution in [0.3, 0.4) is 0 Å². The van der Waals surface area contributed by atoms with Crippen molar-refractivity contribution in [2.45, 2.75) is 58.7 Å². The van der Waals surface area contributed by atoms with Crippen molar-refractivity contribution in [3.63, 3.8) is 0 Å². The number of hydrogen-bond acceptors (Lipinski definition) is 6. The van der Waals surface area contributed by atoms with Gasteiger partial charge in [0.1, 0.15) is 12.1 Å². The van der Waals surface area contributed by atoms with Gasteiger partial charge in [0, 0.05) is 5.54 Å². The molecule has 10 heteroatoms. The molecular weight excluding hydrogens is 332 g/mol. The highest BCUT2D eigenvalue weighted by atomic mass is 16.5. The molecule has 140 valence electrons. The first kappa shape index (κ1) is 20.4. The van der Waals surface area contributed by atoms with Crippen molar-refractivity contribution in [1.29, 1.82) is 0 Å². The van der Waals surface area contributed by atoms with Crippen molar-refractivity contribution >= 4 is 29.8 Å². The number of imide groups is 2. The van der Waals surface area contributed by atoms with E-state index in [4.69, 9.17) is 4.74 Å². The highest BCUT2D eigenvalue weighted by Crippen LogP contribution is 2.16. The zero-order valence-electron chi connectivity index (χ0n) is 15.2. The maximum atomic E-state index is 12.0. The van der Waals surface area contributed by atoms with Gasteiger partial charge in [-0.1, -0.05) is 0 Å². The maximum Gasteiger partial charge on any atom is 0.327 e. The Morgan fingerprint density at radius 3 is 2.24 bits per heavy atom. The largest absolute Gasteiger partial charge is 0.451 e. The van der Waals surface area contributed by atoms with Gasteiger partial charge in [-0.3, -0.25) is 24.6 Å². The number of esters is 1. The summed E-state index contributed by atoms with van der Waals surface area (Å²) < 4.78 is 4.87. The lowest BCUT2D eigenvalue weighted by Gasteiger charge is -2.21. The molecule has 0 saturated carbocycles. The second kappa shape index (κ2) is 7.08. The van der Waals surface area contributed by atoms with Crippen LogP contribution in [0.15, 0.2) is 0 Å². The highest BCUT2D eigenvalue weighted by Gasteiger charge is 2.45. The van der Waals surface area contributed by atoms with Gasteiger partial charge in [0.25, 0.3) is 11.8 Å². The van der Waals surface area contributed by atoms with Crippen molar-refractivity contribution in [3.8, 4) is 0 Å². The van der Waals surface area contributed by atoms with Crippen LogP contribution in [0.4, 0.5) is 9.59 Å². The van der Waals surface area contributed by atoms with Gasteiger partial charge in [0.15, 0.2) is 6.10 Å². The summed E-state index contributed by atoms with van der Waals surface area (Å²) >= 11 is 0. The van der Waals surface area contributed by atoms with E-state index in [0.717, 1.165) is 0 Å². The molecule has 0 aromatic carbocycles. The summed E-state index contributed by atoms with van der Waals surface area (Å²) in [7, 11) is 0. The molecule has 1 atom stereocenters. The Labute approximate surface area is 145 Å². The van der Waals surface area contributed by atoms with Gasteiger partial charge < -0.3 is 15.4 Å². The minimum absolute atomic E-state index is 0.541. The third-order valence-electron chi connectivity index (χ3n) is 3.13. The summed E-state index contributed by atoms with van der Waals surface area (Å²) in [6.07, 6.45) is -1.27. The van der Waals surface area contributed by atoms with Crippen molar-refractivity contribution < 1.29 is 28.7 Å². The molecule has 1 rings (SSSR count). The Hall–Kier alpha value is -2.65. The third kappa shape index (κ3) is 5.73. The lowest BCUT2D eigenvalue weighted by Crippen LogP contribution is -2.51. The zero-order valence-corrected chi connectivity index (χ0v) is 15.2. The molecule has 0 aliphatic carbocycles. The van der Waals surface area contributed by atoms with E-state index >= 15 is 0 Å².